The third-order valence-electron chi connectivity index (χ3n) is 4.73. The van der Waals surface area contributed by atoms with E-state index >= 15 is 0 Å². The molecule has 0 saturated heterocycles. The smallest absolute Gasteiger partial charge is 0.265 e. The number of nitrogens with two attached hydrogens (primary N) is 1. The molecule has 0 atom stereocenters. The van der Waals surface area contributed by atoms with Crippen molar-refractivity contribution >= 4 is 34.7 Å². The van der Waals surface area contributed by atoms with Gasteiger partial charge in [-0.3, -0.25) is 14.4 Å². The van der Waals surface area contributed by atoms with Crippen LogP contribution in [0.2, 0.25) is 0 Å². The summed E-state index contributed by atoms with van der Waals surface area (Å²) in [6, 6.07) is 16.0. The number of carbonyl (C=O) groups excluding carboxylic acids is 3. The molecule has 4 N–H and O–H groups in total. The first-order valence-electron chi connectivity index (χ1n) is 9.98. The normalized spacial score (nSPS) is 12.1. The van der Waals surface area contributed by atoms with Crippen molar-refractivity contribution in [1.82, 2.24) is 5.32 Å². The summed E-state index contributed by atoms with van der Waals surface area (Å²) < 4.78 is 11.2. The second kappa shape index (κ2) is 9.52. The molecule has 1 aliphatic heterocycles. The summed E-state index contributed by atoms with van der Waals surface area (Å²) in [6.45, 7) is 1.16. The van der Waals surface area contributed by atoms with Gasteiger partial charge in [0.1, 0.15) is 13.2 Å². The van der Waals surface area contributed by atoms with E-state index < -0.39 is 11.8 Å². The Morgan fingerprint density at radius 3 is 2.53 bits per heavy atom. The molecule has 4 rings (SSSR count). The highest BCUT2D eigenvalue weighted by Gasteiger charge is 2.17. The molecule has 164 valence electrons. The van der Waals surface area contributed by atoms with Crippen LogP contribution in [0.5, 0.6) is 11.5 Å². The fourth-order valence-electron chi connectivity index (χ4n) is 3.18. The van der Waals surface area contributed by atoms with Gasteiger partial charge in [-0.25, -0.2) is 0 Å². The zero-order valence-corrected chi connectivity index (χ0v) is 17.9. The number of fused-ring (bicyclic) bond motifs is 1. The number of thiophene rings is 1. The average molecular weight is 452 g/mol. The number of para-hydroxylation sites is 1. The molecule has 8 nitrogen and oxygen atoms in total. The Bertz CT molecular complexity index is 1170. The van der Waals surface area contributed by atoms with Crippen molar-refractivity contribution in [2.75, 3.05) is 25.1 Å². The van der Waals surface area contributed by atoms with Gasteiger partial charge in [-0.15, -0.1) is 11.3 Å². The molecular formula is C23H21N3O5S. The van der Waals surface area contributed by atoms with Gasteiger partial charge in [-0.05, 0) is 48.0 Å². The van der Waals surface area contributed by atoms with Crippen LogP contribution < -0.4 is 25.8 Å². The predicted molar refractivity (Wildman–Crippen MR) is 121 cm³/mol. The lowest BCUT2D eigenvalue weighted by atomic mass is 10.1. The van der Waals surface area contributed by atoms with Crippen molar-refractivity contribution in [3.63, 3.8) is 0 Å². The lowest BCUT2D eigenvalue weighted by molar-refractivity contribution is -0.117. The first-order chi connectivity index (χ1) is 15.5. The highest BCUT2D eigenvalue weighted by atomic mass is 32.1. The Morgan fingerprint density at radius 2 is 1.72 bits per heavy atom. The second-order valence-electron chi connectivity index (χ2n) is 6.99. The number of ether oxygens (including phenoxy) is 2. The molecule has 1 aromatic heterocycles. The van der Waals surface area contributed by atoms with Gasteiger partial charge < -0.3 is 25.8 Å². The standard InChI is InChI=1S/C23H21N3O5S/c24-21(27)9-10-25-22(28)15-3-1-2-4-16(15)26-23(29)20-8-7-19(32-20)14-5-6-17-18(13-14)31-12-11-30-17/h1-8,13H,9-12H2,(H2,24,27)(H,25,28)(H,26,29). The molecule has 1 aliphatic rings. The van der Waals surface area contributed by atoms with E-state index in [1.807, 2.05) is 24.3 Å². The van der Waals surface area contributed by atoms with Crippen LogP contribution in [0.15, 0.2) is 54.6 Å². The molecule has 32 heavy (non-hydrogen) atoms. The molecule has 0 saturated carbocycles. The second-order valence-corrected chi connectivity index (χ2v) is 8.08. The van der Waals surface area contributed by atoms with Crippen molar-refractivity contribution < 1.29 is 23.9 Å². The molecular weight excluding hydrogens is 430 g/mol. The molecule has 9 heteroatoms. The minimum atomic E-state index is -0.501. The molecule has 2 heterocycles. The van der Waals surface area contributed by atoms with Crippen molar-refractivity contribution in [3.05, 3.63) is 65.0 Å². The van der Waals surface area contributed by atoms with Crippen LogP contribution in [0, 0.1) is 0 Å². The van der Waals surface area contributed by atoms with E-state index in [4.69, 9.17) is 15.2 Å². The zero-order chi connectivity index (χ0) is 22.5. The Morgan fingerprint density at radius 1 is 0.938 bits per heavy atom. The van der Waals surface area contributed by atoms with E-state index in [1.165, 1.54) is 11.3 Å². The van der Waals surface area contributed by atoms with E-state index in [1.54, 1.807) is 30.3 Å². The van der Waals surface area contributed by atoms with Crippen LogP contribution in [0.3, 0.4) is 0 Å². The zero-order valence-electron chi connectivity index (χ0n) is 17.1. The minimum Gasteiger partial charge on any atom is -0.486 e. The number of hydrogen-bond donors (Lipinski definition) is 3. The average Bonchev–Trinajstić information content (AvgIpc) is 3.29. The minimum absolute atomic E-state index is 0.0398. The van der Waals surface area contributed by atoms with Gasteiger partial charge in [0.15, 0.2) is 11.5 Å². The summed E-state index contributed by atoms with van der Waals surface area (Å²) in [5.74, 6) is 0.171. The predicted octanol–water partition coefficient (Wildman–Crippen LogP) is 3.04. The van der Waals surface area contributed by atoms with Crippen LogP contribution in [0.25, 0.3) is 10.4 Å². The Labute approximate surface area is 188 Å². The van der Waals surface area contributed by atoms with Crippen LogP contribution >= 0.6 is 11.3 Å². The molecule has 3 aromatic rings. The molecule has 0 fully saturated rings. The van der Waals surface area contributed by atoms with Gasteiger partial charge in [0, 0.05) is 17.8 Å². The van der Waals surface area contributed by atoms with E-state index in [0.717, 1.165) is 10.4 Å². The van der Waals surface area contributed by atoms with Crippen molar-refractivity contribution in [2.24, 2.45) is 5.73 Å². The molecule has 0 bridgehead atoms. The van der Waals surface area contributed by atoms with Gasteiger partial charge >= 0.3 is 0 Å². The summed E-state index contributed by atoms with van der Waals surface area (Å²) in [4.78, 5) is 37.5. The first-order valence-corrected chi connectivity index (χ1v) is 10.8. The SMILES string of the molecule is NC(=O)CCNC(=O)c1ccccc1NC(=O)c1ccc(-c2ccc3c(c2)OCCO3)s1. The summed E-state index contributed by atoms with van der Waals surface area (Å²) in [7, 11) is 0. The van der Waals surface area contributed by atoms with Crippen LogP contribution in [-0.2, 0) is 4.79 Å². The summed E-state index contributed by atoms with van der Waals surface area (Å²) in [6.07, 6.45) is 0.0398. The summed E-state index contributed by atoms with van der Waals surface area (Å²) in [5, 5.41) is 5.42. The quantitative estimate of drug-likeness (QED) is 0.510. The Hall–Kier alpha value is -3.85. The Balaban J connectivity index is 1.47. The third-order valence-corrected chi connectivity index (χ3v) is 5.87. The number of nitrogens with one attached hydrogen (secondary N) is 2. The van der Waals surface area contributed by atoms with Gasteiger partial charge in [0.25, 0.3) is 11.8 Å². The number of primary amides is 1. The van der Waals surface area contributed by atoms with Crippen molar-refractivity contribution in [2.45, 2.75) is 6.42 Å². The van der Waals surface area contributed by atoms with Crippen LogP contribution in [0.1, 0.15) is 26.5 Å². The molecule has 0 unspecified atom stereocenters. The Kier molecular flexibility index (Phi) is 6.37. The maximum absolute atomic E-state index is 12.8. The van der Waals surface area contributed by atoms with Gasteiger partial charge in [-0.2, -0.15) is 0 Å². The first kappa shape index (κ1) is 21.4. The molecule has 2 aromatic carbocycles. The molecule has 0 spiro atoms. The van der Waals surface area contributed by atoms with E-state index in [9.17, 15) is 14.4 Å². The lowest BCUT2D eigenvalue weighted by Crippen LogP contribution is -2.28. The van der Waals surface area contributed by atoms with Gasteiger partial charge in [0.05, 0.1) is 16.1 Å². The number of rotatable bonds is 7. The van der Waals surface area contributed by atoms with E-state index in [2.05, 4.69) is 10.6 Å². The van der Waals surface area contributed by atoms with Gasteiger partial charge in [-0.1, -0.05) is 12.1 Å². The number of carbonyl (C=O) groups is 3. The monoisotopic (exact) mass is 451 g/mol. The molecule has 0 aliphatic carbocycles. The maximum atomic E-state index is 12.8. The maximum Gasteiger partial charge on any atom is 0.265 e. The highest BCUT2D eigenvalue weighted by Crippen LogP contribution is 2.37. The number of hydrogen-bond acceptors (Lipinski definition) is 6. The van der Waals surface area contributed by atoms with Crippen molar-refractivity contribution in [1.29, 1.82) is 0 Å². The highest BCUT2D eigenvalue weighted by molar-refractivity contribution is 7.17. The van der Waals surface area contributed by atoms with Crippen molar-refractivity contribution in [3.8, 4) is 21.9 Å². The summed E-state index contributed by atoms with van der Waals surface area (Å²) >= 11 is 1.33. The number of anilines is 1. The molecule has 0 radical (unpaired) electrons. The largest absolute Gasteiger partial charge is 0.486 e. The fourth-order valence-corrected chi connectivity index (χ4v) is 4.08. The van der Waals surface area contributed by atoms with E-state index in [0.29, 0.717) is 40.8 Å². The van der Waals surface area contributed by atoms with Gasteiger partial charge in [0.2, 0.25) is 5.91 Å². The number of benzene rings is 2. The topological polar surface area (TPSA) is 120 Å². The van der Waals surface area contributed by atoms with E-state index in [-0.39, 0.29) is 18.9 Å². The molecule has 3 amide bonds. The number of amides is 3. The lowest BCUT2D eigenvalue weighted by Gasteiger charge is -2.18. The van der Waals surface area contributed by atoms with Crippen LogP contribution in [0.4, 0.5) is 5.69 Å². The van der Waals surface area contributed by atoms with Crippen LogP contribution in [-0.4, -0.2) is 37.5 Å². The fraction of sp³-hybridized carbons (Fsp3) is 0.174. The summed E-state index contributed by atoms with van der Waals surface area (Å²) in [5.41, 5.74) is 6.70. The third kappa shape index (κ3) is 4.89.